The van der Waals surface area contributed by atoms with Crippen molar-refractivity contribution in [2.24, 2.45) is 0 Å². The number of thiophene rings is 1. The lowest BCUT2D eigenvalue weighted by Crippen LogP contribution is -2.35. The van der Waals surface area contributed by atoms with E-state index in [2.05, 4.69) is 60.0 Å². The van der Waals surface area contributed by atoms with Crippen molar-refractivity contribution in [1.29, 1.82) is 0 Å². The van der Waals surface area contributed by atoms with Gasteiger partial charge in [0.25, 0.3) is 0 Å². The van der Waals surface area contributed by atoms with E-state index in [1.165, 1.54) is 5.56 Å². The molecular weight excluding hydrogens is 312 g/mol. The fourth-order valence-corrected chi connectivity index (χ4v) is 2.89. The number of oxazole rings is 1. The van der Waals surface area contributed by atoms with Crippen LogP contribution in [0.1, 0.15) is 32.0 Å². The predicted molar refractivity (Wildman–Crippen MR) is 78.8 cm³/mol. The number of nitrogens with zero attached hydrogens (tertiary/aromatic N) is 1. The number of hydrogen-bond donors (Lipinski definition) is 1. The van der Waals surface area contributed by atoms with E-state index in [0.29, 0.717) is 5.89 Å². The van der Waals surface area contributed by atoms with E-state index in [1.54, 1.807) is 17.6 Å². The van der Waals surface area contributed by atoms with Crippen LogP contribution in [0, 0.1) is 6.92 Å². The second-order valence-corrected chi connectivity index (χ2v) is 7.69. The van der Waals surface area contributed by atoms with Gasteiger partial charge in [0.15, 0.2) is 0 Å². The fourth-order valence-electron chi connectivity index (χ4n) is 1.42. The molecule has 2 heterocycles. The lowest BCUT2D eigenvalue weighted by Gasteiger charge is -2.19. The maximum Gasteiger partial charge on any atom is 0.236 e. The van der Waals surface area contributed by atoms with Gasteiger partial charge >= 0.3 is 0 Å². The maximum absolute atomic E-state index is 5.52. The molecule has 2 aromatic heterocycles. The first-order valence-electron chi connectivity index (χ1n) is 5.81. The van der Waals surface area contributed by atoms with Crippen LogP contribution in [-0.4, -0.2) is 10.5 Å². The van der Waals surface area contributed by atoms with E-state index in [1.807, 2.05) is 0 Å². The zero-order chi connectivity index (χ0) is 13.3. The number of nitrogens with one attached hydrogen (secondary N) is 1. The minimum absolute atomic E-state index is 0.0850. The van der Waals surface area contributed by atoms with Gasteiger partial charge in [0, 0.05) is 12.1 Å². The number of halogens is 1. The van der Waals surface area contributed by atoms with Crippen molar-refractivity contribution in [1.82, 2.24) is 10.3 Å². The Morgan fingerprint density at radius 3 is 2.72 bits per heavy atom. The van der Waals surface area contributed by atoms with Crippen LogP contribution in [0.4, 0.5) is 0 Å². The molecule has 3 nitrogen and oxygen atoms in total. The molecule has 5 heteroatoms. The largest absolute Gasteiger partial charge is 0.444 e. The van der Waals surface area contributed by atoms with Crippen molar-refractivity contribution in [2.45, 2.75) is 39.8 Å². The highest BCUT2D eigenvalue weighted by atomic mass is 79.9. The van der Waals surface area contributed by atoms with Crippen molar-refractivity contribution < 1.29 is 4.42 Å². The van der Waals surface area contributed by atoms with Crippen molar-refractivity contribution >= 4 is 27.3 Å². The summed E-state index contributed by atoms with van der Waals surface area (Å²) in [5.41, 5.74) is 2.23. The van der Waals surface area contributed by atoms with Gasteiger partial charge in [-0.25, -0.2) is 4.98 Å². The second-order valence-electron chi connectivity index (χ2n) is 5.31. The number of hydrogen-bond acceptors (Lipinski definition) is 4. The molecule has 2 rings (SSSR count). The van der Waals surface area contributed by atoms with Crippen molar-refractivity contribution in [3.63, 3.8) is 0 Å². The Kier molecular flexibility index (Phi) is 3.94. The van der Waals surface area contributed by atoms with E-state index in [-0.39, 0.29) is 5.54 Å². The second kappa shape index (κ2) is 5.15. The first kappa shape index (κ1) is 13.8. The zero-order valence-corrected chi connectivity index (χ0v) is 13.4. The van der Waals surface area contributed by atoms with Gasteiger partial charge in [0.1, 0.15) is 6.26 Å². The van der Waals surface area contributed by atoms with Gasteiger partial charge in [0.2, 0.25) is 5.89 Å². The number of aryl methyl sites for hydroxylation is 1. The molecule has 0 fully saturated rings. The van der Waals surface area contributed by atoms with Gasteiger partial charge in [-0.1, -0.05) is 0 Å². The fraction of sp³-hybridized carbons (Fsp3) is 0.462. The van der Waals surface area contributed by atoms with Gasteiger partial charge < -0.3 is 9.73 Å². The molecule has 2 aromatic rings. The normalized spacial score (nSPS) is 12.1. The van der Waals surface area contributed by atoms with Gasteiger partial charge in [0.05, 0.1) is 14.4 Å². The molecule has 0 saturated carbocycles. The topological polar surface area (TPSA) is 38.1 Å². The van der Waals surface area contributed by atoms with E-state index in [4.69, 9.17) is 4.42 Å². The van der Waals surface area contributed by atoms with Crippen LogP contribution in [0.15, 0.2) is 20.5 Å². The molecule has 98 valence electrons. The van der Waals surface area contributed by atoms with E-state index in [0.717, 1.165) is 20.9 Å². The van der Waals surface area contributed by atoms with Crippen molar-refractivity contribution in [3.8, 4) is 10.8 Å². The molecule has 1 N–H and O–H groups in total. The minimum Gasteiger partial charge on any atom is -0.444 e. The smallest absolute Gasteiger partial charge is 0.236 e. The quantitative estimate of drug-likeness (QED) is 0.909. The lowest BCUT2D eigenvalue weighted by molar-refractivity contribution is 0.421. The molecule has 18 heavy (non-hydrogen) atoms. The van der Waals surface area contributed by atoms with Crippen LogP contribution in [-0.2, 0) is 6.54 Å². The minimum atomic E-state index is 0.0850. The van der Waals surface area contributed by atoms with E-state index in [9.17, 15) is 0 Å². The van der Waals surface area contributed by atoms with Gasteiger partial charge in [-0.05, 0) is 55.3 Å². The summed E-state index contributed by atoms with van der Waals surface area (Å²) < 4.78 is 6.65. The molecule has 0 unspecified atom stereocenters. The van der Waals surface area contributed by atoms with Crippen LogP contribution < -0.4 is 5.32 Å². The molecule has 0 atom stereocenters. The maximum atomic E-state index is 5.52. The summed E-state index contributed by atoms with van der Waals surface area (Å²) in [5, 5.41) is 3.39. The Bertz CT molecular complexity index is 520. The summed E-state index contributed by atoms with van der Waals surface area (Å²) in [6, 6.07) is 2.08. The van der Waals surface area contributed by atoms with Gasteiger partial charge in [-0.15, -0.1) is 11.3 Å². The molecule has 0 bridgehead atoms. The molecule has 0 aliphatic rings. The summed E-state index contributed by atoms with van der Waals surface area (Å²) in [4.78, 5) is 5.56. The number of aromatic nitrogens is 1. The third-order valence-electron chi connectivity index (χ3n) is 2.42. The molecule has 0 aromatic carbocycles. The average molecular weight is 329 g/mol. The molecule has 0 aliphatic carbocycles. The average Bonchev–Trinajstić information content (AvgIpc) is 2.83. The Morgan fingerprint density at radius 2 is 2.17 bits per heavy atom. The Labute approximate surface area is 120 Å². The Balaban J connectivity index is 2.11. The molecular formula is C13H17BrN2OS. The van der Waals surface area contributed by atoms with E-state index < -0.39 is 0 Å². The molecule has 0 saturated heterocycles. The highest BCUT2D eigenvalue weighted by molar-refractivity contribution is 9.11. The van der Waals surface area contributed by atoms with Crippen molar-refractivity contribution in [2.75, 3.05) is 0 Å². The molecule has 0 radical (unpaired) electrons. The highest BCUT2D eigenvalue weighted by Crippen LogP contribution is 2.34. The van der Waals surface area contributed by atoms with Crippen LogP contribution in [0.5, 0.6) is 0 Å². The third-order valence-corrected chi connectivity index (χ3v) is 4.54. The SMILES string of the molecule is Cc1cc(-c2nc(CNC(C)(C)C)co2)sc1Br. The predicted octanol–water partition coefficient (Wildman–Crippen LogP) is 4.36. The summed E-state index contributed by atoms with van der Waals surface area (Å²) in [5.74, 6) is 0.694. The lowest BCUT2D eigenvalue weighted by atomic mass is 10.1. The molecule has 0 amide bonds. The summed E-state index contributed by atoms with van der Waals surface area (Å²) in [6.07, 6.45) is 1.72. The first-order chi connectivity index (χ1) is 8.35. The van der Waals surface area contributed by atoms with Crippen LogP contribution in [0.2, 0.25) is 0 Å². The van der Waals surface area contributed by atoms with Crippen LogP contribution >= 0.6 is 27.3 Å². The molecule has 0 aliphatic heterocycles. The van der Waals surface area contributed by atoms with Crippen LogP contribution in [0.3, 0.4) is 0 Å². The Morgan fingerprint density at radius 1 is 1.44 bits per heavy atom. The van der Waals surface area contributed by atoms with Gasteiger partial charge in [-0.2, -0.15) is 0 Å². The first-order valence-corrected chi connectivity index (χ1v) is 7.42. The standard InChI is InChI=1S/C13H17BrN2OS/c1-8-5-10(18-11(8)14)12-16-9(7-17-12)6-15-13(2,3)4/h5,7,15H,6H2,1-4H3. The van der Waals surface area contributed by atoms with E-state index >= 15 is 0 Å². The number of rotatable bonds is 3. The van der Waals surface area contributed by atoms with Crippen molar-refractivity contribution in [3.05, 3.63) is 27.4 Å². The van der Waals surface area contributed by atoms with Crippen LogP contribution in [0.25, 0.3) is 10.8 Å². The monoisotopic (exact) mass is 328 g/mol. The summed E-state index contributed by atoms with van der Waals surface area (Å²) in [6.45, 7) is 9.18. The molecule has 0 spiro atoms. The zero-order valence-electron chi connectivity index (χ0n) is 11.0. The third kappa shape index (κ3) is 3.43. The summed E-state index contributed by atoms with van der Waals surface area (Å²) in [7, 11) is 0. The Hall–Kier alpha value is -0.650. The summed E-state index contributed by atoms with van der Waals surface area (Å²) >= 11 is 5.16. The highest BCUT2D eigenvalue weighted by Gasteiger charge is 2.13. The van der Waals surface area contributed by atoms with Gasteiger partial charge in [-0.3, -0.25) is 0 Å².